The van der Waals surface area contributed by atoms with E-state index in [0.29, 0.717) is 0 Å². The third kappa shape index (κ3) is 3.54. The second kappa shape index (κ2) is 6.68. The predicted octanol–water partition coefficient (Wildman–Crippen LogP) is 0.760. The maximum atomic E-state index is 11.7. The van der Waals surface area contributed by atoms with Crippen LogP contribution >= 0.6 is 0 Å². The monoisotopic (exact) mass is 267 g/mol. The highest BCUT2D eigenvalue weighted by Crippen LogP contribution is 2.25. The SMILES string of the molecule is NC(/C=C/CCC1CCCCc2noc(=O)n21)CO. The maximum Gasteiger partial charge on any atom is 0.441 e. The van der Waals surface area contributed by atoms with Gasteiger partial charge in [0.1, 0.15) is 0 Å². The van der Waals surface area contributed by atoms with Crippen LogP contribution in [0, 0.1) is 0 Å². The summed E-state index contributed by atoms with van der Waals surface area (Å²) in [7, 11) is 0. The summed E-state index contributed by atoms with van der Waals surface area (Å²) >= 11 is 0. The molecule has 1 aromatic heterocycles. The van der Waals surface area contributed by atoms with Crippen molar-refractivity contribution in [1.29, 1.82) is 0 Å². The number of hydrogen-bond acceptors (Lipinski definition) is 5. The first-order valence-electron chi connectivity index (χ1n) is 6.82. The highest BCUT2D eigenvalue weighted by molar-refractivity contribution is 4.94. The fraction of sp³-hybridized carbons (Fsp3) is 0.692. The number of aromatic nitrogens is 2. The molecule has 106 valence electrons. The first kappa shape index (κ1) is 14.0. The minimum absolute atomic E-state index is 0.0464. The molecule has 2 atom stereocenters. The molecule has 0 spiro atoms. The van der Waals surface area contributed by atoms with Crippen molar-refractivity contribution in [3.05, 3.63) is 28.5 Å². The number of rotatable bonds is 5. The Morgan fingerprint density at radius 3 is 3.21 bits per heavy atom. The van der Waals surface area contributed by atoms with Gasteiger partial charge in [0.25, 0.3) is 0 Å². The molecule has 6 heteroatoms. The lowest BCUT2D eigenvalue weighted by atomic mass is 10.0. The third-order valence-electron chi connectivity index (χ3n) is 3.52. The molecule has 0 fully saturated rings. The topological polar surface area (TPSA) is 94.3 Å². The Hall–Kier alpha value is -1.40. The van der Waals surface area contributed by atoms with Gasteiger partial charge in [0.15, 0.2) is 5.82 Å². The molecule has 2 rings (SSSR count). The molecular weight excluding hydrogens is 246 g/mol. The number of nitrogens with two attached hydrogens (primary N) is 1. The van der Waals surface area contributed by atoms with Crippen LogP contribution in [0.15, 0.2) is 21.5 Å². The zero-order valence-corrected chi connectivity index (χ0v) is 11.0. The van der Waals surface area contributed by atoms with E-state index in [9.17, 15) is 4.79 Å². The molecule has 1 aliphatic rings. The van der Waals surface area contributed by atoms with Gasteiger partial charge in [-0.25, -0.2) is 4.79 Å². The zero-order chi connectivity index (χ0) is 13.7. The van der Waals surface area contributed by atoms with Gasteiger partial charge in [-0.3, -0.25) is 9.09 Å². The predicted molar refractivity (Wildman–Crippen MR) is 70.8 cm³/mol. The van der Waals surface area contributed by atoms with Crippen LogP contribution in [-0.4, -0.2) is 27.5 Å². The molecule has 0 saturated carbocycles. The van der Waals surface area contributed by atoms with Gasteiger partial charge in [-0.1, -0.05) is 23.7 Å². The highest BCUT2D eigenvalue weighted by atomic mass is 16.5. The van der Waals surface area contributed by atoms with Gasteiger partial charge in [-0.15, -0.1) is 0 Å². The lowest BCUT2D eigenvalue weighted by Crippen LogP contribution is -2.22. The van der Waals surface area contributed by atoms with Crippen molar-refractivity contribution in [3.8, 4) is 0 Å². The van der Waals surface area contributed by atoms with Crippen molar-refractivity contribution in [3.63, 3.8) is 0 Å². The second-order valence-corrected chi connectivity index (χ2v) is 4.99. The van der Waals surface area contributed by atoms with Gasteiger partial charge >= 0.3 is 5.76 Å². The van der Waals surface area contributed by atoms with Crippen molar-refractivity contribution in [1.82, 2.24) is 9.72 Å². The van der Waals surface area contributed by atoms with Gasteiger partial charge < -0.3 is 10.8 Å². The van der Waals surface area contributed by atoms with E-state index in [4.69, 9.17) is 15.4 Å². The molecule has 0 aliphatic carbocycles. The summed E-state index contributed by atoms with van der Waals surface area (Å²) in [5.74, 6) is 0.418. The number of aryl methyl sites for hydroxylation is 1. The van der Waals surface area contributed by atoms with Crippen molar-refractivity contribution in [2.24, 2.45) is 5.73 Å². The summed E-state index contributed by atoms with van der Waals surface area (Å²) in [6.07, 6.45) is 9.40. The number of aliphatic hydroxyl groups excluding tert-OH is 1. The normalized spacial score (nSPS) is 21.3. The van der Waals surface area contributed by atoms with E-state index in [1.165, 1.54) is 0 Å². The smallest absolute Gasteiger partial charge is 0.394 e. The fourth-order valence-corrected chi connectivity index (χ4v) is 2.50. The Labute approximate surface area is 111 Å². The lowest BCUT2D eigenvalue weighted by Gasteiger charge is -2.14. The van der Waals surface area contributed by atoms with E-state index < -0.39 is 0 Å². The van der Waals surface area contributed by atoms with Crippen LogP contribution in [0.5, 0.6) is 0 Å². The molecular formula is C13H21N3O3. The molecule has 3 N–H and O–H groups in total. The molecule has 0 aromatic carbocycles. The van der Waals surface area contributed by atoms with Crippen LogP contribution in [0.1, 0.15) is 44.0 Å². The molecule has 1 aliphatic heterocycles. The largest absolute Gasteiger partial charge is 0.441 e. The van der Waals surface area contributed by atoms with Crippen molar-refractivity contribution >= 4 is 0 Å². The first-order valence-corrected chi connectivity index (χ1v) is 6.82. The summed E-state index contributed by atoms with van der Waals surface area (Å²) < 4.78 is 6.45. The number of fused-ring (bicyclic) bond motifs is 1. The summed E-state index contributed by atoms with van der Waals surface area (Å²) in [6.45, 7) is -0.0464. The average Bonchev–Trinajstić information content (AvgIpc) is 2.66. The molecule has 1 aromatic rings. The summed E-state index contributed by atoms with van der Waals surface area (Å²) in [6, 6.07) is -0.144. The molecule has 19 heavy (non-hydrogen) atoms. The minimum Gasteiger partial charge on any atom is -0.394 e. The number of nitrogens with zero attached hydrogens (tertiary/aromatic N) is 2. The molecule has 2 heterocycles. The van der Waals surface area contributed by atoms with Gasteiger partial charge in [0.05, 0.1) is 6.61 Å². The minimum atomic E-state index is -0.349. The fourth-order valence-electron chi connectivity index (χ4n) is 2.50. The van der Waals surface area contributed by atoms with Crippen LogP contribution in [0.25, 0.3) is 0 Å². The summed E-state index contributed by atoms with van der Waals surface area (Å²) in [5, 5.41) is 12.7. The van der Waals surface area contributed by atoms with E-state index in [0.717, 1.165) is 44.3 Å². The van der Waals surface area contributed by atoms with Crippen LogP contribution in [0.4, 0.5) is 0 Å². The van der Waals surface area contributed by atoms with Crippen molar-refractivity contribution in [2.45, 2.75) is 50.6 Å². The average molecular weight is 267 g/mol. The standard InChI is InChI=1S/C13H21N3O3/c14-10(9-17)5-1-2-6-11-7-3-4-8-12-15-19-13(18)16(11)12/h1,5,10-11,17H,2-4,6-9,14H2/b5-1+. The highest BCUT2D eigenvalue weighted by Gasteiger charge is 2.22. The lowest BCUT2D eigenvalue weighted by molar-refractivity contribution is 0.283. The van der Waals surface area contributed by atoms with E-state index in [-0.39, 0.29) is 24.4 Å². The Kier molecular flexibility index (Phi) is 4.93. The van der Waals surface area contributed by atoms with Crippen molar-refractivity contribution < 1.29 is 9.63 Å². The Morgan fingerprint density at radius 1 is 1.58 bits per heavy atom. The van der Waals surface area contributed by atoms with Crippen molar-refractivity contribution in [2.75, 3.05) is 6.61 Å². The third-order valence-corrected chi connectivity index (χ3v) is 3.52. The van der Waals surface area contributed by atoms with Gasteiger partial charge in [-0.2, -0.15) is 0 Å². The maximum absolute atomic E-state index is 11.7. The van der Waals surface area contributed by atoms with Gasteiger partial charge in [0.2, 0.25) is 0 Å². The Morgan fingerprint density at radius 2 is 2.42 bits per heavy atom. The van der Waals surface area contributed by atoms with Crippen LogP contribution in [0.2, 0.25) is 0 Å². The first-order chi connectivity index (χ1) is 9.22. The molecule has 6 nitrogen and oxygen atoms in total. The molecule has 2 unspecified atom stereocenters. The number of aliphatic hydroxyl groups is 1. The van der Waals surface area contributed by atoms with E-state index in [2.05, 4.69) is 5.16 Å². The summed E-state index contributed by atoms with van der Waals surface area (Å²) in [4.78, 5) is 11.7. The van der Waals surface area contributed by atoms with Crippen LogP contribution in [0.3, 0.4) is 0 Å². The van der Waals surface area contributed by atoms with Crippen LogP contribution in [-0.2, 0) is 6.42 Å². The van der Waals surface area contributed by atoms with E-state index >= 15 is 0 Å². The molecule has 0 radical (unpaired) electrons. The van der Waals surface area contributed by atoms with Gasteiger partial charge in [0, 0.05) is 18.5 Å². The van der Waals surface area contributed by atoms with Gasteiger partial charge in [-0.05, 0) is 25.7 Å². The Balaban J connectivity index is 1.98. The van der Waals surface area contributed by atoms with E-state index in [1.54, 1.807) is 10.6 Å². The van der Waals surface area contributed by atoms with Crippen LogP contribution < -0.4 is 11.5 Å². The van der Waals surface area contributed by atoms with E-state index in [1.807, 2.05) is 6.08 Å². The quantitative estimate of drug-likeness (QED) is 0.768. The molecule has 0 bridgehead atoms. The molecule has 0 saturated heterocycles. The number of allylic oxidation sites excluding steroid dienone is 1. The number of hydrogen-bond donors (Lipinski definition) is 2. The zero-order valence-electron chi connectivity index (χ0n) is 11.0. The molecule has 0 amide bonds. The Bertz CT molecular complexity index is 478. The second-order valence-electron chi connectivity index (χ2n) is 4.99. The summed E-state index contributed by atoms with van der Waals surface area (Å²) in [5.41, 5.74) is 5.58.